The van der Waals surface area contributed by atoms with Gasteiger partial charge in [-0.2, -0.15) is 13.2 Å². The lowest BCUT2D eigenvalue weighted by atomic mass is 10.1. The number of amides is 1. The third-order valence-electron chi connectivity index (χ3n) is 2.78. The van der Waals surface area contributed by atoms with Crippen LogP contribution in [0.2, 0.25) is 0 Å². The van der Waals surface area contributed by atoms with Crippen molar-refractivity contribution in [1.82, 2.24) is 4.90 Å². The molecular weight excluding hydrogens is 287 g/mol. The smallest absolute Gasteiger partial charge is 0.337 e. The van der Waals surface area contributed by atoms with Gasteiger partial charge < -0.3 is 4.90 Å². The second-order valence-corrected chi connectivity index (χ2v) is 5.32. The molecule has 0 spiro atoms. The van der Waals surface area contributed by atoms with Crippen molar-refractivity contribution in [2.45, 2.75) is 12.7 Å². The fourth-order valence-electron chi connectivity index (χ4n) is 1.83. The lowest BCUT2D eigenvalue weighted by molar-refractivity contribution is -0.138. The van der Waals surface area contributed by atoms with Crippen molar-refractivity contribution < 1.29 is 18.0 Å². The van der Waals surface area contributed by atoms with E-state index >= 15 is 0 Å². The predicted octanol–water partition coefficient (Wildman–Crippen LogP) is 4.04. The molecule has 0 fully saturated rings. The number of rotatable bonds is 3. The molecule has 1 amide bonds. The maximum atomic E-state index is 12.9. The molecule has 0 saturated heterocycles. The summed E-state index contributed by atoms with van der Waals surface area (Å²) in [5.74, 6) is -0.633. The zero-order chi connectivity index (χ0) is 14.8. The number of thiophene rings is 1. The number of carbonyl (C=O) groups excluding carboxylic acids is 1. The van der Waals surface area contributed by atoms with Crippen molar-refractivity contribution in [3.8, 4) is 0 Å². The van der Waals surface area contributed by atoms with E-state index in [1.54, 1.807) is 0 Å². The summed E-state index contributed by atoms with van der Waals surface area (Å²) < 4.78 is 38.6. The van der Waals surface area contributed by atoms with Gasteiger partial charge in [0, 0.05) is 11.9 Å². The second-order valence-electron chi connectivity index (χ2n) is 4.28. The molecule has 1 aromatic heterocycles. The monoisotopic (exact) mass is 299 g/mol. The third kappa shape index (κ3) is 3.19. The first-order chi connectivity index (χ1) is 9.39. The van der Waals surface area contributed by atoms with Crippen molar-refractivity contribution in [2.75, 3.05) is 7.05 Å². The van der Waals surface area contributed by atoms with Crippen LogP contribution in [0.5, 0.6) is 0 Å². The molecule has 2 rings (SSSR count). The van der Waals surface area contributed by atoms with Gasteiger partial charge in [0.2, 0.25) is 0 Å². The summed E-state index contributed by atoms with van der Waals surface area (Å²) in [6.07, 6.45) is -4.53. The fourth-order valence-corrected chi connectivity index (χ4v) is 2.59. The van der Waals surface area contributed by atoms with Gasteiger partial charge in [0.15, 0.2) is 0 Å². The SMILES string of the molecule is CN(Cc1cccs1)C(=O)c1ccccc1C(F)(F)F. The summed E-state index contributed by atoms with van der Waals surface area (Å²) in [6.45, 7) is 0.294. The van der Waals surface area contributed by atoms with E-state index in [1.807, 2.05) is 17.5 Å². The van der Waals surface area contributed by atoms with Crippen LogP contribution in [0.15, 0.2) is 41.8 Å². The Morgan fingerprint density at radius 2 is 1.90 bits per heavy atom. The van der Waals surface area contributed by atoms with Crippen molar-refractivity contribution in [3.05, 3.63) is 57.8 Å². The van der Waals surface area contributed by atoms with Gasteiger partial charge in [0.05, 0.1) is 17.7 Å². The highest BCUT2D eigenvalue weighted by molar-refractivity contribution is 7.09. The molecule has 0 aliphatic rings. The van der Waals surface area contributed by atoms with Crippen LogP contribution in [0.3, 0.4) is 0 Å². The largest absolute Gasteiger partial charge is 0.417 e. The van der Waals surface area contributed by atoms with Crippen molar-refractivity contribution in [1.29, 1.82) is 0 Å². The van der Waals surface area contributed by atoms with E-state index in [1.165, 1.54) is 41.5 Å². The number of hydrogen-bond donors (Lipinski definition) is 0. The minimum absolute atomic E-state index is 0.294. The summed E-state index contributed by atoms with van der Waals surface area (Å²) in [5.41, 5.74) is -1.22. The molecule has 2 nitrogen and oxygen atoms in total. The van der Waals surface area contributed by atoms with Crippen molar-refractivity contribution in [2.24, 2.45) is 0 Å². The van der Waals surface area contributed by atoms with Crippen LogP contribution in [-0.2, 0) is 12.7 Å². The lowest BCUT2D eigenvalue weighted by Gasteiger charge is -2.19. The predicted molar refractivity (Wildman–Crippen MR) is 71.6 cm³/mol. The summed E-state index contributed by atoms with van der Waals surface area (Å²) in [7, 11) is 1.50. The Bertz CT molecular complexity index is 593. The first-order valence-corrected chi connectivity index (χ1v) is 6.71. The van der Waals surface area contributed by atoms with Crippen LogP contribution in [0, 0.1) is 0 Å². The van der Waals surface area contributed by atoms with Gasteiger partial charge in [0.25, 0.3) is 5.91 Å². The molecule has 1 heterocycles. The highest BCUT2D eigenvalue weighted by Gasteiger charge is 2.35. The van der Waals surface area contributed by atoms with E-state index in [-0.39, 0.29) is 5.56 Å². The van der Waals surface area contributed by atoms with Crippen LogP contribution in [0.25, 0.3) is 0 Å². The fraction of sp³-hybridized carbons (Fsp3) is 0.214. The Labute approximate surface area is 118 Å². The molecule has 20 heavy (non-hydrogen) atoms. The zero-order valence-electron chi connectivity index (χ0n) is 10.6. The first kappa shape index (κ1) is 14.6. The molecule has 0 unspecified atom stereocenters. The molecule has 0 N–H and O–H groups in total. The average molecular weight is 299 g/mol. The molecule has 0 atom stereocenters. The molecule has 106 valence electrons. The Kier molecular flexibility index (Phi) is 4.13. The Morgan fingerprint density at radius 3 is 2.50 bits per heavy atom. The number of benzene rings is 1. The highest BCUT2D eigenvalue weighted by Crippen LogP contribution is 2.32. The van der Waals surface area contributed by atoms with Gasteiger partial charge in [0.1, 0.15) is 0 Å². The number of alkyl halides is 3. The van der Waals surface area contributed by atoms with Crippen LogP contribution in [-0.4, -0.2) is 17.9 Å². The third-order valence-corrected chi connectivity index (χ3v) is 3.64. The van der Waals surface area contributed by atoms with Crippen LogP contribution in [0.1, 0.15) is 20.8 Å². The summed E-state index contributed by atoms with van der Waals surface area (Å²) >= 11 is 1.46. The normalized spacial score (nSPS) is 11.4. The number of halogens is 3. The van der Waals surface area contributed by atoms with Gasteiger partial charge in [-0.25, -0.2) is 0 Å². The van der Waals surface area contributed by atoms with E-state index in [9.17, 15) is 18.0 Å². The molecule has 0 aliphatic carbocycles. The molecule has 2 aromatic rings. The number of nitrogens with zero attached hydrogens (tertiary/aromatic N) is 1. The maximum absolute atomic E-state index is 12.9. The van der Waals surface area contributed by atoms with Crippen LogP contribution < -0.4 is 0 Å². The highest BCUT2D eigenvalue weighted by atomic mass is 32.1. The molecule has 0 radical (unpaired) electrons. The van der Waals surface area contributed by atoms with E-state index in [2.05, 4.69) is 0 Å². The lowest BCUT2D eigenvalue weighted by Crippen LogP contribution is -2.28. The van der Waals surface area contributed by atoms with Gasteiger partial charge in [-0.1, -0.05) is 18.2 Å². The topological polar surface area (TPSA) is 20.3 Å². The number of hydrogen-bond acceptors (Lipinski definition) is 2. The standard InChI is InChI=1S/C14H12F3NOS/c1-18(9-10-5-4-8-20-10)13(19)11-6-2-3-7-12(11)14(15,16)17/h2-8H,9H2,1H3. The van der Waals surface area contributed by atoms with Gasteiger partial charge in [-0.05, 0) is 23.6 Å². The molecule has 0 aliphatic heterocycles. The van der Waals surface area contributed by atoms with Crippen LogP contribution >= 0.6 is 11.3 Å². The Balaban J connectivity index is 2.25. The Hall–Kier alpha value is -1.82. The molecule has 0 bridgehead atoms. The minimum atomic E-state index is -4.53. The zero-order valence-corrected chi connectivity index (χ0v) is 11.5. The quantitative estimate of drug-likeness (QED) is 0.837. The summed E-state index contributed by atoms with van der Waals surface area (Å²) in [5, 5.41) is 1.86. The Morgan fingerprint density at radius 1 is 1.20 bits per heavy atom. The van der Waals surface area contributed by atoms with Crippen molar-refractivity contribution >= 4 is 17.2 Å². The minimum Gasteiger partial charge on any atom is -0.337 e. The van der Waals surface area contributed by atoms with E-state index in [0.717, 1.165) is 10.9 Å². The maximum Gasteiger partial charge on any atom is 0.417 e. The van der Waals surface area contributed by atoms with E-state index in [0.29, 0.717) is 6.54 Å². The molecule has 6 heteroatoms. The summed E-state index contributed by atoms with van der Waals surface area (Å²) in [6, 6.07) is 8.51. The second kappa shape index (κ2) is 5.66. The summed E-state index contributed by atoms with van der Waals surface area (Å²) in [4.78, 5) is 14.4. The van der Waals surface area contributed by atoms with E-state index < -0.39 is 17.6 Å². The van der Waals surface area contributed by atoms with Gasteiger partial charge in [-0.15, -0.1) is 11.3 Å². The van der Waals surface area contributed by atoms with E-state index in [4.69, 9.17) is 0 Å². The van der Waals surface area contributed by atoms with Crippen molar-refractivity contribution in [3.63, 3.8) is 0 Å². The van der Waals surface area contributed by atoms with Gasteiger partial charge >= 0.3 is 6.18 Å². The number of carbonyl (C=O) groups is 1. The molecule has 0 saturated carbocycles. The molecular formula is C14H12F3NOS. The molecule has 1 aromatic carbocycles. The first-order valence-electron chi connectivity index (χ1n) is 5.83. The average Bonchev–Trinajstić information content (AvgIpc) is 2.89. The van der Waals surface area contributed by atoms with Crippen LogP contribution in [0.4, 0.5) is 13.2 Å². The van der Waals surface area contributed by atoms with Gasteiger partial charge in [-0.3, -0.25) is 4.79 Å².